The van der Waals surface area contributed by atoms with E-state index >= 15 is 0 Å². The second-order valence-corrected chi connectivity index (χ2v) is 5.80. The summed E-state index contributed by atoms with van der Waals surface area (Å²) in [5.74, 6) is -0.476. The Kier molecular flexibility index (Phi) is 11.4. The molecule has 0 unspecified atom stereocenters. The monoisotopic (exact) mass is 386 g/mol. The SMILES string of the molecule is COC(=O)COCc1cc(N(CCO)CCO)cc(N(CCO)CCO)c1. The molecule has 9 heteroatoms. The number of rotatable bonds is 14. The highest BCUT2D eigenvalue weighted by Gasteiger charge is 2.13. The molecule has 0 saturated heterocycles. The fraction of sp³-hybridized carbons (Fsp3) is 0.611. The van der Waals surface area contributed by atoms with Gasteiger partial charge in [-0.05, 0) is 23.8 Å². The van der Waals surface area contributed by atoms with Gasteiger partial charge in [0.2, 0.25) is 0 Å². The molecule has 1 rings (SSSR count). The van der Waals surface area contributed by atoms with Crippen molar-refractivity contribution in [3.8, 4) is 0 Å². The predicted molar refractivity (Wildman–Crippen MR) is 101 cm³/mol. The maximum Gasteiger partial charge on any atom is 0.331 e. The van der Waals surface area contributed by atoms with E-state index in [1.807, 2.05) is 28.0 Å². The second-order valence-electron chi connectivity index (χ2n) is 5.80. The van der Waals surface area contributed by atoms with Gasteiger partial charge in [0.1, 0.15) is 6.61 Å². The molecule has 0 saturated carbocycles. The molecule has 1 aromatic rings. The van der Waals surface area contributed by atoms with E-state index in [-0.39, 0.29) is 39.6 Å². The summed E-state index contributed by atoms with van der Waals surface area (Å²) in [5.41, 5.74) is 2.29. The number of ether oxygens (including phenoxy) is 2. The standard InChI is InChI=1S/C18H30N2O7/c1-26-18(25)14-27-13-15-10-16(19(2-6-21)3-7-22)12-17(11-15)20(4-8-23)5-9-24/h10-12,21-24H,2-9,13-14H2,1H3. The molecule has 4 N–H and O–H groups in total. The number of anilines is 2. The van der Waals surface area contributed by atoms with E-state index in [0.717, 1.165) is 16.9 Å². The van der Waals surface area contributed by atoms with Crippen molar-refractivity contribution in [3.63, 3.8) is 0 Å². The van der Waals surface area contributed by atoms with E-state index in [0.29, 0.717) is 26.2 Å². The smallest absolute Gasteiger partial charge is 0.331 e. The maximum atomic E-state index is 11.2. The molecule has 0 aromatic heterocycles. The number of hydrogen-bond donors (Lipinski definition) is 4. The third-order valence-corrected chi connectivity index (χ3v) is 3.89. The minimum absolute atomic E-state index is 0.0740. The summed E-state index contributed by atoms with van der Waals surface area (Å²) >= 11 is 0. The Labute approximate surface area is 159 Å². The second kappa shape index (κ2) is 13.3. The number of methoxy groups -OCH3 is 1. The zero-order chi connectivity index (χ0) is 20.1. The molecular weight excluding hydrogens is 356 g/mol. The number of esters is 1. The van der Waals surface area contributed by atoms with Crippen LogP contribution in [-0.4, -0.2) is 92.7 Å². The summed E-state index contributed by atoms with van der Waals surface area (Å²) in [6.07, 6.45) is 0. The third kappa shape index (κ3) is 8.10. The van der Waals surface area contributed by atoms with E-state index < -0.39 is 5.97 Å². The van der Waals surface area contributed by atoms with Crippen LogP contribution in [0, 0.1) is 0 Å². The fourth-order valence-electron chi connectivity index (χ4n) is 2.64. The summed E-state index contributed by atoms with van der Waals surface area (Å²) < 4.78 is 9.92. The van der Waals surface area contributed by atoms with Gasteiger partial charge in [0.15, 0.2) is 0 Å². The Morgan fingerprint density at radius 1 is 0.852 bits per heavy atom. The highest BCUT2D eigenvalue weighted by Crippen LogP contribution is 2.26. The Morgan fingerprint density at radius 2 is 1.30 bits per heavy atom. The molecule has 0 amide bonds. The van der Waals surface area contributed by atoms with Gasteiger partial charge in [-0.25, -0.2) is 4.79 Å². The molecule has 1 aromatic carbocycles. The van der Waals surface area contributed by atoms with Crippen LogP contribution in [0.4, 0.5) is 11.4 Å². The number of carbonyl (C=O) groups is 1. The van der Waals surface area contributed by atoms with Crippen molar-refractivity contribution in [3.05, 3.63) is 23.8 Å². The first-order valence-corrected chi connectivity index (χ1v) is 8.81. The van der Waals surface area contributed by atoms with Crippen molar-refractivity contribution < 1.29 is 34.7 Å². The van der Waals surface area contributed by atoms with Crippen LogP contribution < -0.4 is 9.80 Å². The highest BCUT2D eigenvalue weighted by molar-refractivity contribution is 5.70. The highest BCUT2D eigenvalue weighted by atomic mass is 16.6. The summed E-state index contributed by atoms with van der Waals surface area (Å²) in [5, 5.41) is 37.2. The zero-order valence-corrected chi connectivity index (χ0v) is 15.7. The molecule has 0 bridgehead atoms. The molecular formula is C18H30N2O7. The fourth-order valence-corrected chi connectivity index (χ4v) is 2.64. The largest absolute Gasteiger partial charge is 0.467 e. The molecule has 154 valence electrons. The first-order valence-electron chi connectivity index (χ1n) is 8.81. The van der Waals surface area contributed by atoms with Crippen molar-refractivity contribution in [1.82, 2.24) is 0 Å². The normalized spacial score (nSPS) is 10.7. The number of benzene rings is 1. The Bertz CT molecular complexity index is 510. The van der Waals surface area contributed by atoms with E-state index in [9.17, 15) is 25.2 Å². The summed E-state index contributed by atoms with van der Waals surface area (Å²) in [6.45, 7) is 1.05. The Balaban J connectivity index is 3.13. The average Bonchev–Trinajstić information content (AvgIpc) is 2.67. The molecule has 0 aliphatic carbocycles. The van der Waals surface area contributed by atoms with Crippen LogP contribution >= 0.6 is 0 Å². The molecule has 27 heavy (non-hydrogen) atoms. The van der Waals surface area contributed by atoms with Gasteiger partial charge in [-0.15, -0.1) is 0 Å². The van der Waals surface area contributed by atoms with E-state index in [1.54, 1.807) is 0 Å². The number of nitrogens with zero attached hydrogens (tertiary/aromatic N) is 2. The molecule has 0 spiro atoms. The molecule has 0 aliphatic rings. The molecule has 0 aliphatic heterocycles. The van der Waals surface area contributed by atoms with Gasteiger partial charge in [0, 0.05) is 37.6 Å². The zero-order valence-electron chi connectivity index (χ0n) is 15.7. The number of aliphatic hydroxyl groups excluding tert-OH is 4. The molecule has 0 radical (unpaired) electrons. The number of aliphatic hydroxyl groups is 4. The lowest BCUT2D eigenvalue weighted by Gasteiger charge is -2.28. The first kappa shape index (κ1) is 23.1. The summed E-state index contributed by atoms with van der Waals surface area (Å²) in [6, 6.07) is 5.56. The molecule has 0 heterocycles. The van der Waals surface area contributed by atoms with Gasteiger partial charge >= 0.3 is 5.97 Å². The molecule has 0 atom stereocenters. The summed E-state index contributed by atoms with van der Waals surface area (Å²) in [7, 11) is 1.29. The minimum Gasteiger partial charge on any atom is -0.467 e. The van der Waals surface area contributed by atoms with E-state index in [2.05, 4.69) is 4.74 Å². The van der Waals surface area contributed by atoms with Crippen LogP contribution in [0.5, 0.6) is 0 Å². The van der Waals surface area contributed by atoms with Crippen LogP contribution in [0.1, 0.15) is 5.56 Å². The lowest BCUT2D eigenvalue weighted by atomic mass is 10.1. The van der Waals surface area contributed by atoms with E-state index in [1.165, 1.54) is 7.11 Å². The maximum absolute atomic E-state index is 11.2. The van der Waals surface area contributed by atoms with Gasteiger partial charge in [-0.2, -0.15) is 0 Å². The van der Waals surface area contributed by atoms with Gasteiger partial charge in [0.05, 0.1) is 40.1 Å². The van der Waals surface area contributed by atoms with Gasteiger partial charge in [0.25, 0.3) is 0 Å². The van der Waals surface area contributed by atoms with Crippen molar-refractivity contribution in [2.24, 2.45) is 0 Å². The predicted octanol–water partition coefficient (Wildman–Crippen LogP) is -1.04. The third-order valence-electron chi connectivity index (χ3n) is 3.89. The van der Waals surface area contributed by atoms with Crippen LogP contribution in [0.25, 0.3) is 0 Å². The lowest BCUT2D eigenvalue weighted by molar-refractivity contribution is -0.146. The van der Waals surface area contributed by atoms with Crippen molar-refractivity contribution >= 4 is 17.3 Å². The molecule has 9 nitrogen and oxygen atoms in total. The molecule has 0 fully saturated rings. The van der Waals surface area contributed by atoms with Crippen LogP contribution in [0.15, 0.2) is 18.2 Å². The quantitative estimate of drug-likeness (QED) is 0.297. The number of hydrogen-bond acceptors (Lipinski definition) is 9. The number of carbonyl (C=O) groups excluding carboxylic acids is 1. The minimum atomic E-state index is -0.476. The van der Waals surface area contributed by atoms with Crippen LogP contribution in [-0.2, 0) is 20.9 Å². The average molecular weight is 386 g/mol. The van der Waals surface area contributed by atoms with Crippen molar-refractivity contribution in [2.45, 2.75) is 6.61 Å². The first-order chi connectivity index (χ1) is 13.1. The lowest BCUT2D eigenvalue weighted by Crippen LogP contribution is -2.32. The van der Waals surface area contributed by atoms with Crippen molar-refractivity contribution in [2.75, 3.05) is 76.1 Å². The van der Waals surface area contributed by atoms with E-state index in [4.69, 9.17) is 4.74 Å². The van der Waals surface area contributed by atoms with Crippen LogP contribution in [0.2, 0.25) is 0 Å². The van der Waals surface area contributed by atoms with Gasteiger partial charge < -0.3 is 39.7 Å². The Hall–Kier alpha value is -1.91. The van der Waals surface area contributed by atoms with Gasteiger partial charge in [-0.1, -0.05) is 0 Å². The van der Waals surface area contributed by atoms with Crippen LogP contribution in [0.3, 0.4) is 0 Å². The topological polar surface area (TPSA) is 123 Å². The summed E-state index contributed by atoms with van der Waals surface area (Å²) in [4.78, 5) is 14.9. The van der Waals surface area contributed by atoms with Crippen molar-refractivity contribution in [1.29, 1.82) is 0 Å². The van der Waals surface area contributed by atoms with Gasteiger partial charge in [-0.3, -0.25) is 0 Å². The Morgan fingerprint density at radius 3 is 1.67 bits per heavy atom.